The minimum atomic E-state index is -0.188. The van der Waals surface area contributed by atoms with Gasteiger partial charge < -0.3 is 5.73 Å². The summed E-state index contributed by atoms with van der Waals surface area (Å²) in [6, 6.07) is 0. The van der Waals surface area contributed by atoms with E-state index >= 15 is 0 Å². The minimum Gasteiger partial charge on any atom is -0.369 e. The highest BCUT2D eigenvalue weighted by atomic mass is 16.1. The lowest BCUT2D eigenvalue weighted by Crippen LogP contribution is -2.41. The molecule has 2 fully saturated rings. The number of amides is 1. The van der Waals surface area contributed by atoms with Crippen LogP contribution in [0.15, 0.2) is 0 Å². The maximum absolute atomic E-state index is 10.7. The monoisotopic (exact) mass is 196 g/mol. The van der Waals surface area contributed by atoms with Gasteiger partial charge in [-0.1, -0.05) is 19.3 Å². The first-order chi connectivity index (χ1) is 6.75. The zero-order valence-electron chi connectivity index (χ0n) is 8.74. The number of rotatable bonds is 3. The molecule has 2 rings (SSSR count). The Labute approximate surface area is 85.6 Å². The molecule has 0 unspecified atom stereocenters. The lowest BCUT2D eigenvalue weighted by atomic mass is 9.72. The Hall–Kier alpha value is -0.570. The molecule has 1 amide bonds. The number of likely N-dealkylation sites (tertiary alicyclic amines) is 1. The number of carbonyl (C=O) groups is 1. The third kappa shape index (κ3) is 2.27. The van der Waals surface area contributed by atoms with Crippen LogP contribution >= 0.6 is 0 Å². The van der Waals surface area contributed by atoms with Crippen LogP contribution in [-0.2, 0) is 4.79 Å². The first-order valence-corrected chi connectivity index (χ1v) is 5.76. The number of piperidine rings is 1. The summed E-state index contributed by atoms with van der Waals surface area (Å²) in [5.41, 5.74) is 5.17. The molecule has 1 saturated carbocycles. The van der Waals surface area contributed by atoms with Crippen LogP contribution < -0.4 is 5.73 Å². The molecule has 2 N–H and O–H groups in total. The summed E-state index contributed by atoms with van der Waals surface area (Å²) < 4.78 is 0. The fourth-order valence-electron chi connectivity index (χ4n) is 2.71. The standard InChI is InChI=1S/C11H20N2O/c12-11(14)8-13-6-4-10(5-7-13)9-2-1-3-9/h9-10H,1-8H2,(H2,12,14). The van der Waals surface area contributed by atoms with E-state index in [-0.39, 0.29) is 5.91 Å². The molecule has 0 aromatic carbocycles. The zero-order valence-corrected chi connectivity index (χ0v) is 8.74. The van der Waals surface area contributed by atoms with Gasteiger partial charge in [0, 0.05) is 0 Å². The number of nitrogens with zero attached hydrogens (tertiary/aromatic N) is 1. The molecular weight excluding hydrogens is 176 g/mol. The molecule has 0 aromatic rings. The Bertz CT molecular complexity index is 205. The number of hydrogen-bond acceptors (Lipinski definition) is 2. The largest absolute Gasteiger partial charge is 0.369 e. The van der Waals surface area contributed by atoms with Crippen molar-refractivity contribution in [2.75, 3.05) is 19.6 Å². The van der Waals surface area contributed by atoms with E-state index in [1.165, 1.54) is 32.1 Å². The van der Waals surface area contributed by atoms with Gasteiger partial charge in [0.15, 0.2) is 0 Å². The molecule has 0 radical (unpaired) electrons. The fourth-order valence-corrected chi connectivity index (χ4v) is 2.71. The second-order valence-corrected chi connectivity index (χ2v) is 4.77. The molecule has 0 atom stereocenters. The van der Waals surface area contributed by atoms with Gasteiger partial charge in [0.2, 0.25) is 5.91 Å². The third-order valence-electron chi connectivity index (χ3n) is 3.83. The highest BCUT2D eigenvalue weighted by Crippen LogP contribution is 2.38. The van der Waals surface area contributed by atoms with Gasteiger partial charge in [-0.3, -0.25) is 9.69 Å². The summed E-state index contributed by atoms with van der Waals surface area (Å²) in [6.07, 6.45) is 6.88. The fraction of sp³-hybridized carbons (Fsp3) is 0.909. The quantitative estimate of drug-likeness (QED) is 0.731. The maximum atomic E-state index is 10.7. The summed E-state index contributed by atoms with van der Waals surface area (Å²) >= 11 is 0. The number of hydrogen-bond donors (Lipinski definition) is 1. The average Bonchev–Trinajstić information content (AvgIpc) is 2.04. The molecule has 1 heterocycles. The number of primary amides is 1. The van der Waals surface area contributed by atoms with Gasteiger partial charge in [-0.15, -0.1) is 0 Å². The molecule has 1 aliphatic heterocycles. The maximum Gasteiger partial charge on any atom is 0.231 e. The molecule has 3 heteroatoms. The molecule has 2 aliphatic rings. The van der Waals surface area contributed by atoms with Crippen LogP contribution in [0, 0.1) is 11.8 Å². The number of nitrogens with two attached hydrogens (primary N) is 1. The molecule has 1 saturated heterocycles. The first-order valence-electron chi connectivity index (χ1n) is 5.76. The van der Waals surface area contributed by atoms with Gasteiger partial charge in [-0.05, 0) is 37.8 Å². The van der Waals surface area contributed by atoms with Crippen molar-refractivity contribution in [1.29, 1.82) is 0 Å². The summed E-state index contributed by atoms with van der Waals surface area (Å²) in [4.78, 5) is 12.9. The second-order valence-electron chi connectivity index (χ2n) is 4.77. The average molecular weight is 196 g/mol. The number of carbonyl (C=O) groups excluding carboxylic acids is 1. The van der Waals surface area contributed by atoms with Crippen molar-refractivity contribution in [3.05, 3.63) is 0 Å². The van der Waals surface area contributed by atoms with Gasteiger partial charge in [0.05, 0.1) is 6.54 Å². The van der Waals surface area contributed by atoms with Crippen molar-refractivity contribution >= 4 is 5.91 Å². The van der Waals surface area contributed by atoms with Crippen LogP contribution in [0.3, 0.4) is 0 Å². The smallest absolute Gasteiger partial charge is 0.231 e. The molecule has 0 spiro atoms. The van der Waals surface area contributed by atoms with Crippen molar-refractivity contribution in [3.8, 4) is 0 Å². The van der Waals surface area contributed by atoms with Crippen LogP contribution in [0.4, 0.5) is 0 Å². The van der Waals surface area contributed by atoms with Crippen molar-refractivity contribution in [2.24, 2.45) is 17.6 Å². The Kier molecular flexibility index (Phi) is 3.06. The second kappa shape index (κ2) is 4.30. The molecule has 0 bridgehead atoms. The van der Waals surface area contributed by atoms with Crippen molar-refractivity contribution < 1.29 is 4.79 Å². The van der Waals surface area contributed by atoms with Crippen LogP contribution in [0.25, 0.3) is 0 Å². The SMILES string of the molecule is NC(=O)CN1CCC(C2CCC2)CC1. The predicted molar refractivity (Wildman–Crippen MR) is 55.7 cm³/mol. The molecule has 0 aromatic heterocycles. The van der Waals surface area contributed by atoms with E-state index in [1.807, 2.05) is 0 Å². The summed E-state index contributed by atoms with van der Waals surface area (Å²) in [6.45, 7) is 2.60. The van der Waals surface area contributed by atoms with Crippen LogP contribution in [-0.4, -0.2) is 30.4 Å². The van der Waals surface area contributed by atoms with Gasteiger partial charge in [0.25, 0.3) is 0 Å². The van der Waals surface area contributed by atoms with Gasteiger partial charge in [-0.25, -0.2) is 0 Å². The normalized spacial score (nSPS) is 26.0. The summed E-state index contributed by atoms with van der Waals surface area (Å²) in [5, 5.41) is 0. The molecule has 3 nitrogen and oxygen atoms in total. The van der Waals surface area contributed by atoms with Crippen LogP contribution in [0.2, 0.25) is 0 Å². The van der Waals surface area contributed by atoms with E-state index < -0.39 is 0 Å². The molecule has 1 aliphatic carbocycles. The van der Waals surface area contributed by atoms with Crippen molar-refractivity contribution in [2.45, 2.75) is 32.1 Å². The van der Waals surface area contributed by atoms with Gasteiger partial charge in [-0.2, -0.15) is 0 Å². The molecular formula is C11H20N2O. The highest BCUT2D eigenvalue weighted by molar-refractivity contribution is 5.75. The van der Waals surface area contributed by atoms with Crippen molar-refractivity contribution in [3.63, 3.8) is 0 Å². The summed E-state index contributed by atoms with van der Waals surface area (Å²) in [7, 11) is 0. The molecule has 14 heavy (non-hydrogen) atoms. The summed E-state index contributed by atoms with van der Waals surface area (Å²) in [5.74, 6) is 1.76. The topological polar surface area (TPSA) is 46.3 Å². The lowest BCUT2D eigenvalue weighted by molar-refractivity contribution is -0.119. The lowest BCUT2D eigenvalue weighted by Gasteiger charge is -2.39. The van der Waals surface area contributed by atoms with E-state index in [1.54, 1.807) is 0 Å². The van der Waals surface area contributed by atoms with E-state index in [0.717, 1.165) is 24.9 Å². The van der Waals surface area contributed by atoms with Gasteiger partial charge >= 0.3 is 0 Å². The predicted octanol–water partition coefficient (Wildman–Crippen LogP) is 0.984. The Balaban J connectivity index is 1.71. The highest BCUT2D eigenvalue weighted by Gasteiger charge is 2.30. The van der Waals surface area contributed by atoms with E-state index in [4.69, 9.17) is 5.73 Å². The third-order valence-corrected chi connectivity index (χ3v) is 3.83. The van der Waals surface area contributed by atoms with Crippen LogP contribution in [0.1, 0.15) is 32.1 Å². The van der Waals surface area contributed by atoms with E-state index in [2.05, 4.69) is 4.90 Å². The zero-order chi connectivity index (χ0) is 9.97. The van der Waals surface area contributed by atoms with E-state index in [0.29, 0.717) is 6.54 Å². The Morgan fingerprint density at radius 1 is 1.14 bits per heavy atom. The van der Waals surface area contributed by atoms with Crippen molar-refractivity contribution in [1.82, 2.24) is 4.90 Å². The van der Waals surface area contributed by atoms with Crippen LogP contribution in [0.5, 0.6) is 0 Å². The van der Waals surface area contributed by atoms with Gasteiger partial charge in [0.1, 0.15) is 0 Å². The Morgan fingerprint density at radius 2 is 1.71 bits per heavy atom. The molecule has 80 valence electrons. The first kappa shape index (κ1) is 9.97. The minimum absolute atomic E-state index is 0.188. The van der Waals surface area contributed by atoms with E-state index in [9.17, 15) is 4.79 Å². The Morgan fingerprint density at radius 3 is 2.14 bits per heavy atom.